The Balaban J connectivity index is 2.39. The summed E-state index contributed by atoms with van der Waals surface area (Å²) in [4.78, 5) is 0. The lowest BCUT2D eigenvalue weighted by Gasteiger charge is -2.41. The van der Waals surface area contributed by atoms with Gasteiger partial charge < -0.3 is 0 Å². The molecule has 0 bridgehead atoms. The predicted octanol–water partition coefficient (Wildman–Crippen LogP) is 6.58. The van der Waals surface area contributed by atoms with E-state index in [1.807, 2.05) is 0 Å². The van der Waals surface area contributed by atoms with Crippen LogP contribution < -0.4 is 0 Å². The lowest BCUT2D eigenvalue weighted by molar-refractivity contribution is 0.299. The Kier molecular flexibility index (Phi) is 7.43. The van der Waals surface area contributed by atoms with Gasteiger partial charge in [0.15, 0.2) is 0 Å². The molecule has 2 aromatic rings. The maximum atomic E-state index is 3.98. The Morgan fingerprint density at radius 3 is 1.50 bits per heavy atom. The summed E-state index contributed by atoms with van der Waals surface area (Å²) in [5, 5.41) is 0. The van der Waals surface area contributed by atoms with Crippen molar-refractivity contribution in [3.63, 3.8) is 0 Å². The first-order valence-electron chi connectivity index (χ1n) is 8.54. The molecule has 2 atom stereocenters. The Hall–Kier alpha value is -1.69. The van der Waals surface area contributed by atoms with Crippen molar-refractivity contribution in [3.8, 4) is 0 Å². The minimum absolute atomic E-state index is 0.353. The third-order valence-electron chi connectivity index (χ3n) is 4.36. The smallest absolute Gasteiger partial charge is 0.0363 e. The zero-order chi connectivity index (χ0) is 17.4. The van der Waals surface area contributed by atoms with Gasteiger partial charge in [-0.05, 0) is 45.4 Å². The number of allylic oxidation sites excluding steroid dienone is 2. The van der Waals surface area contributed by atoms with E-state index < -0.39 is 0 Å². The normalized spacial score (nSPS) is 13.7. The fourth-order valence-corrected chi connectivity index (χ4v) is 5.52. The standard InChI is InChI=1S/C22H28NP/c1-5-17-24(18-6-2)23(19(3)21-13-9-7-10-14-21)20(4)22-15-11-8-12-16-22/h5-16,19-20H,1-2,17-18H2,3-4H3/t19-,20-/m0/s1. The molecule has 0 spiro atoms. The summed E-state index contributed by atoms with van der Waals surface area (Å²) >= 11 is 0. The third-order valence-corrected chi connectivity index (χ3v) is 7.07. The first-order valence-corrected chi connectivity index (χ1v) is 10.2. The highest BCUT2D eigenvalue weighted by Gasteiger charge is 2.28. The van der Waals surface area contributed by atoms with Gasteiger partial charge in [-0.1, -0.05) is 72.8 Å². The van der Waals surface area contributed by atoms with Crippen LogP contribution in [0.25, 0.3) is 0 Å². The molecule has 0 heterocycles. The van der Waals surface area contributed by atoms with Gasteiger partial charge in [-0.15, -0.1) is 13.2 Å². The van der Waals surface area contributed by atoms with E-state index in [0.717, 1.165) is 12.3 Å². The zero-order valence-corrected chi connectivity index (χ0v) is 15.7. The third kappa shape index (κ3) is 4.66. The molecule has 2 aromatic carbocycles. The summed E-state index contributed by atoms with van der Waals surface area (Å²) < 4.78 is 2.67. The van der Waals surface area contributed by atoms with Crippen LogP contribution in [-0.4, -0.2) is 17.0 Å². The summed E-state index contributed by atoms with van der Waals surface area (Å²) in [6.45, 7) is 12.6. The number of nitrogens with zero attached hydrogens (tertiary/aromatic N) is 1. The molecule has 0 aliphatic heterocycles. The van der Waals surface area contributed by atoms with Crippen LogP contribution in [0, 0.1) is 0 Å². The van der Waals surface area contributed by atoms with Crippen molar-refractivity contribution in [3.05, 3.63) is 97.1 Å². The van der Waals surface area contributed by atoms with Crippen LogP contribution in [-0.2, 0) is 0 Å². The molecule has 0 saturated carbocycles. The van der Waals surface area contributed by atoms with E-state index >= 15 is 0 Å². The number of benzene rings is 2. The molecule has 0 aromatic heterocycles. The van der Waals surface area contributed by atoms with Crippen LogP contribution in [0.15, 0.2) is 86.0 Å². The highest BCUT2D eigenvalue weighted by molar-refractivity contribution is 7.55. The van der Waals surface area contributed by atoms with E-state index in [1.165, 1.54) is 11.1 Å². The van der Waals surface area contributed by atoms with E-state index in [9.17, 15) is 0 Å². The van der Waals surface area contributed by atoms with Gasteiger partial charge >= 0.3 is 0 Å². The molecule has 0 N–H and O–H groups in total. The quantitative estimate of drug-likeness (QED) is 0.369. The molecule has 1 nitrogen and oxygen atoms in total. The lowest BCUT2D eigenvalue weighted by atomic mass is 10.0. The van der Waals surface area contributed by atoms with Gasteiger partial charge in [0, 0.05) is 12.1 Å². The van der Waals surface area contributed by atoms with Gasteiger partial charge in [-0.2, -0.15) is 0 Å². The molecular weight excluding hydrogens is 309 g/mol. The molecule has 24 heavy (non-hydrogen) atoms. The Bertz CT molecular complexity index is 567. The Labute approximate surface area is 148 Å². The second-order valence-electron chi connectivity index (χ2n) is 6.00. The average molecular weight is 337 g/mol. The minimum atomic E-state index is -0.353. The fraction of sp³-hybridized carbons (Fsp3) is 0.273. The predicted molar refractivity (Wildman–Crippen MR) is 109 cm³/mol. The molecule has 0 unspecified atom stereocenters. The van der Waals surface area contributed by atoms with Gasteiger partial charge in [0.05, 0.1) is 0 Å². The summed E-state index contributed by atoms with van der Waals surface area (Å²) in [6, 6.07) is 22.3. The van der Waals surface area contributed by atoms with Crippen LogP contribution in [0.3, 0.4) is 0 Å². The van der Waals surface area contributed by atoms with Gasteiger partial charge in [0.2, 0.25) is 0 Å². The van der Waals surface area contributed by atoms with Gasteiger partial charge in [-0.25, -0.2) is 0 Å². The van der Waals surface area contributed by atoms with Gasteiger partial charge in [0.1, 0.15) is 0 Å². The van der Waals surface area contributed by atoms with Crippen molar-refractivity contribution in [1.29, 1.82) is 0 Å². The van der Waals surface area contributed by atoms with Crippen molar-refractivity contribution in [1.82, 2.24) is 4.67 Å². The maximum absolute atomic E-state index is 3.98. The number of rotatable bonds is 9. The van der Waals surface area contributed by atoms with Crippen LogP contribution in [0.4, 0.5) is 0 Å². The van der Waals surface area contributed by atoms with Crippen LogP contribution >= 0.6 is 8.07 Å². The lowest BCUT2D eigenvalue weighted by Crippen LogP contribution is -2.27. The maximum Gasteiger partial charge on any atom is 0.0363 e. The minimum Gasteiger partial charge on any atom is -0.267 e. The number of hydrogen-bond acceptors (Lipinski definition) is 1. The second kappa shape index (κ2) is 9.57. The molecule has 126 valence electrons. The summed E-state index contributed by atoms with van der Waals surface area (Å²) in [5.41, 5.74) is 2.72. The van der Waals surface area contributed by atoms with Crippen LogP contribution in [0.5, 0.6) is 0 Å². The molecule has 0 fully saturated rings. The van der Waals surface area contributed by atoms with E-state index in [2.05, 4.69) is 104 Å². The van der Waals surface area contributed by atoms with Crippen LogP contribution in [0.2, 0.25) is 0 Å². The van der Waals surface area contributed by atoms with E-state index in [1.54, 1.807) is 0 Å². The number of hydrogen-bond donors (Lipinski definition) is 0. The van der Waals surface area contributed by atoms with E-state index in [-0.39, 0.29) is 8.07 Å². The fourth-order valence-electron chi connectivity index (χ4n) is 3.16. The zero-order valence-electron chi connectivity index (χ0n) is 14.8. The molecule has 0 amide bonds. The summed E-state index contributed by atoms with van der Waals surface area (Å²) in [7, 11) is -0.353. The van der Waals surface area contributed by atoms with Gasteiger partial charge in [-0.3, -0.25) is 4.67 Å². The highest BCUT2D eigenvalue weighted by atomic mass is 31.1. The largest absolute Gasteiger partial charge is 0.267 e. The first-order chi connectivity index (χ1) is 11.7. The van der Waals surface area contributed by atoms with Crippen LogP contribution in [0.1, 0.15) is 37.1 Å². The van der Waals surface area contributed by atoms with E-state index in [0.29, 0.717) is 12.1 Å². The Morgan fingerprint density at radius 2 is 1.17 bits per heavy atom. The Morgan fingerprint density at radius 1 is 0.792 bits per heavy atom. The molecule has 0 radical (unpaired) electrons. The first kappa shape index (κ1) is 18.6. The SMILES string of the molecule is C=CCP(CC=C)N([C@@H](C)c1ccccc1)[C@@H](C)c1ccccc1. The van der Waals surface area contributed by atoms with E-state index in [4.69, 9.17) is 0 Å². The van der Waals surface area contributed by atoms with Crippen molar-refractivity contribution < 1.29 is 0 Å². The van der Waals surface area contributed by atoms with Crippen molar-refractivity contribution in [2.24, 2.45) is 0 Å². The molecule has 0 aliphatic carbocycles. The summed E-state index contributed by atoms with van der Waals surface area (Å²) in [6.07, 6.45) is 6.15. The molecule has 2 heteroatoms. The van der Waals surface area contributed by atoms with Crippen molar-refractivity contribution in [2.75, 3.05) is 12.3 Å². The molecular formula is C22H28NP. The van der Waals surface area contributed by atoms with Crippen molar-refractivity contribution >= 4 is 8.07 Å². The monoisotopic (exact) mass is 337 g/mol. The molecule has 0 saturated heterocycles. The molecule has 2 rings (SSSR count). The second-order valence-corrected chi connectivity index (χ2v) is 8.21. The topological polar surface area (TPSA) is 3.24 Å². The molecule has 0 aliphatic rings. The summed E-state index contributed by atoms with van der Waals surface area (Å²) in [5.74, 6) is 0. The average Bonchev–Trinajstić information content (AvgIpc) is 2.63. The van der Waals surface area contributed by atoms with Gasteiger partial charge in [0.25, 0.3) is 0 Å². The highest BCUT2D eigenvalue weighted by Crippen LogP contribution is 2.51. The van der Waals surface area contributed by atoms with Crippen molar-refractivity contribution in [2.45, 2.75) is 25.9 Å².